The van der Waals surface area contributed by atoms with Crippen molar-refractivity contribution < 1.29 is 4.52 Å². The zero-order valence-corrected chi connectivity index (χ0v) is 16.4. The Morgan fingerprint density at radius 1 is 1.36 bits per heavy atom. The molecule has 0 saturated carbocycles. The van der Waals surface area contributed by atoms with Crippen molar-refractivity contribution in [1.29, 1.82) is 0 Å². The molecule has 6 nitrogen and oxygen atoms in total. The molecule has 8 heteroatoms. The first-order valence-corrected chi connectivity index (χ1v) is 7.71. The summed E-state index contributed by atoms with van der Waals surface area (Å²) in [6.45, 7) is 7.43. The molecule has 2 aromatic heterocycles. The van der Waals surface area contributed by atoms with E-state index in [9.17, 15) is 0 Å². The average Bonchev–Trinajstić information content (AvgIpc) is 3.08. The number of nitrogens with zero attached hydrogens (tertiary/aromatic N) is 3. The molecule has 2 rings (SSSR count). The van der Waals surface area contributed by atoms with Crippen LogP contribution in [-0.2, 0) is 13.1 Å². The van der Waals surface area contributed by atoms with Crippen LogP contribution in [0.25, 0.3) is 0 Å². The van der Waals surface area contributed by atoms with Crippen molar-refractivity contribution in [2.75, 3.05) is 7.05 Å². The minimum absolute atomic E-state index is 0. The molecule has 0 bridgehead atoms. The zero-order valence-electron chi connectivity index (χ0n) is 13.2. The second-order valence-corrected chi connectivity index (χ2v) is 6.34. The van der Waals surface area contributed by atoms with E-state index < -0.39 is 0 Å². The Labute approximate surface area is 151 Å². The molecule has 0 fully saturated rings. The number of halogens is 1. The number of aliphatic imine (C=N–C) groups is 1. The molecule has 2 aromatic rings. The van der Waals surface area contributed by atoms with E-state index in [1.807, 2.05) is 19.2 Å². The molecule has 0 spiro atoms. The number of nitrogens with one attached hydrogen (secondary N) is 2. The number of aryl methyl sites for hydroxylation is 1. The standard InChI is InChI=1S/C14H21N5OS.HI/c1-9(2)12-5-11(20-19-12)7-17-14(15-4)18-8-13-16-6-10(3)21-13;/h5-6,9H,7-8H2,1-4H3,(H2,15,17,18);1H. The maximum absolute atomic E-state index is 5.28. The third-order valence-corrected chi connectivity index (χ3v) is 3.81. The second kappa shape index (κ2) is 9.09. The first-order chi connectivity index (χ1) is 10.1. The Morgan fingerprint density at radius 3 is 2.64 bits per heavy atom. The lowest BCUT2D eigenvalue weighted by atomic mass is 10.1. The van der Waals surface area contributed by atoms with Crippen LogP contribution in [0.4, 0.5) is 0 Å². The highest BCUT2D eigenvalue weighted by Gasteiger charge is 2.08. The minimum Gasteiger partial charge on any atom is -0.359 e. The van der Waals surface area contributed by atoms with Crippen molar-refractivity contribution in [3.05, 3.63) is 33.6 Å². The Morgan fingerprint density at radius 2 is 2.09 bits per heavy atom. The molecule has 122 valence electrons. The summed E-state index contributed by atoms with van der Waals surface area (Å²) in [5, 5.41) is 11.5. The fourth-order valence-electron chi connectivity index (χ4n) is 1.72. The highest BCUT2D eigenvalue weighted by atomic mass is 127. The van der Waals surface area contributed by atoms with Crippen LogP contribution in [-0.4, -0.2) is 23.1 Å². The first kappa shape index (κ1) is 18.9. The largest absolute Gasteiger partial charge is 0.359 e. The predicted molar refractivity (Wildman–Crippen MR) is 99.9 cm³/mol. The highest BCUT2D eigenvalue weighted by Crippen LogP contribution is 2.13. The predicted octanol–water partition coefficient (Wildman–Crippen LogP) is 3.05. The van der Waals surface area contributed by atoms with Gasteiger partial charge in [0.05, 0.1) is 18.8 Å². The van der Waals surface area contributed by atoms with Crippen LogP contribution < -0.4 is 10.6 Å². The van der Waals surface area contributed by atoms with Crippen LogP contribution in [0.1, 0.15) is 41.1 Å². The van der Waals surface area contributed by atoms with E-state index >= 15 is 0 Å². The van der Waals surface area contributed by atoms with Crippen LogP contribution in [0.3, 0.4) is 0 Å². The van der Waals surface area contributed by atoms with Gasteiger partial charge in [-0.2, -0.15) is 0 Å². The van der Waals surface area contributed by atoms with Crippen molar-refractivity contribution in [2.45, 2.75) is 39.8 Å². The third kappa shape index (κ3) is 5.56. The summed E-state index contributed by atoms with van der Waals surface area (Å²) in [6.07, 6.45) is 1.87. The van der Waals surface area contributed by atoms with E-state index in [1.54, 1.807) is 18.4 Å². The van der Waals surface area contributed by atoms with Gasteiger partial charge in [-0.05, 0) is 12.8 Å². The van der Waals surface area contributed by atoms with Gasteiger partial charge < -0.3 is 15.2 Å². The summed E-state index contributed by atoms with van der Waals surface area (Å²) in [4.78, 5) is 9.69. The molecule has 2 N–H and O–H groups in total. The van der Waals surface area contributed by atoms with Crippen molar-refractivity contribution in [2.24, 2.45) is 4.99 Å². The summed E-state index contributed by atoms with van der Waals surface area (Å²) >= 11 is 1.68. The van der Waals surface area contributed by atoms with Gasteiger partial charge in [-0.1, -0.05) is 19.0 Å². The molecule has 22 heavy (non-hydrogen) atoms. The quantitative estimate of drug-likeness (QED) is 0.429. The van der Waals surface area contributed by atoms with E-state index in [0.717, 1.165) is 16.5 Å². The van der Waals surface area contributed by atoms with Gasteiger partial charge in [-0.15, -0.1) is 35.3 Å². The maximum Gasteiger partial charge on any atom is 0.191 e. The van der Waals surface area contributed by atoms with Crippen molar-refractivity contribution in [3.63, 3.8) is 0 Å². The topological polar surface area (TPSA) is 75.3 Å². The minimum atomic E-state index is 0. The van der Waals surface area contributed by atoms with Crippen LogP contribution in [0.2, 0.25) is 0 Å². The number of hydrogen-bond acceptors (Lipinski definition) is 5. The molecule has 0 radical (unpaired) electrons. The van der Waals surface area contributed by atoms with Gasteiger partial charge in [0.15, 0.2) is 11.7 Å². The molecular weight excluding hydrogens is 413 g/mol. The summed E-state index contributed by atoms with van der Waals surface area (Å²) in [5.41, 5.74) is 0.966. The summed E-state index contributed by atoms with van der Waals surface area (Å²) in [5.74, 6) is 1.88. The average molecular weight is 435 g/mol. The molecule has 0 atom stereocenters. The van der Waals surface area contributed by atoms with Gasteiger partial charge in [-0.3, -0.25) is 4.99 Å². The molecule has 2 heterocycles. The van der Waals surface area contributed by atoms with Crippen LogP contribution >= 0.6 is 35.3 Å². The molecule has 0 aliphatic carbocycles. The van der Waals surface area contributed by atoms with Gasteiger partial charge in [0.1, 0.15) is 5.01 Å². The molecule has 0 saturated heterocycles. The SMILES string of the molecule is CN=C(NCc1cc(C(C)C)no1)NCc1ncc(C)s1.I. The van der Waals surface area contributed by atoms with E-state index in [4.69, 9.17) is 4.52 Å². The Bertz CT molecular complexity index is 608. The van der Waals surface area contributed by atoms with E-state index in [0.29, 0.717) is 25.0 Å². The van der Waals surface area contributed by atoms with Gasteiger partial charge in [-0.25, -0.2) is 4.98 Å². The van der Waals surface area contributed by atoms with Crippen LogP contribution in [0.15, 0.2) is 21.8 Å². The highest BCUT2D eigenvalue weighted by molar-refractivity contribution is 14.0. The summed E-state index contributed by atoms with van der Waals surface area (Å²) in [7, 11) is 1.74. The second-order valence-electron chi connectivity index (χ2n) is 5.02. The third-order valence-electron chi connectivity index (χ3n) is 2.90. The van der Waals surface area contributed by atoms with E-state index in [1.165, 1.54) is 4.88 Å². The Balaban J connectivity index is 0.00000242. The molecule has 0 aromatic carbocycles. The van der Waals surface area contributed by atoms with Crippen LogP contribution in [0, 0.1) is 6.92 Å². The fraction of sp³-hybridized carbons (Fsp3) is 0.500. The normalized spacial score (nSPS) is 11.4. The van der Waals surface area contributed by atoms with Crippen molar-refractivity contribution in [3.8, 4) is 0 Å². The molecule has 0 aliphatic heterocycles. The lowest BCUT2D eigenvalue weighted by Crippen LogP contribution is -2.36. The van der Waals surface area contributed by atoms with Gasteiger partial charge in [0.2, 0.25) is 0 Å². The molecule has 0 amide bonds. The zero-order chi connectivity index (χ0) is 15.2. The Hall–Kier alpha value is -1.16. The van der Waals surface area contributed by atoms with Crippen molar-refractivity contribution in [1.82, 2.24) is 20.8 Å². The number of hydrogen-bond donors (Lipinski definition) is 2. The maximum atomic E-state index is 5.28. The monoisotopic (exact) mass is 435 g/mol. The Kier molecular flexibility index (Phi) is 7.80. The molecule has 0 unspecified atom stereocenters. The lowest BCUT2D eigenvalue weighted by Gasteiger charge is -2.09. The van der Waals surface area contributed by atoms with E-state index in [2.05, 4.69) is 39.6 Å². The van der Waals surface area contributed by atoms with Gasteiger partial charge in [0, 0.05) is 24.2 Å². The molecular formula is C14H22IN5OS. The summed E-state index contributed by atoms with van der Waals surface area (Å²) < 4.78 is 5.28. The number of aromatic nitrogens is 2. The lowest BCUT2D eigenvalue weighted by molar-refractivity contribution is 0.372. The molecule has 0 aliphatic rings. The first-order valence-electron chi connectivity index (χ1n) is 6.89. The number of thiazole rings is 1. The van der Waals surface area contributed by atoms with Gasteiger partial charge >= 0.3 is 0 Å². The number of rotatable bonds is 5. The van der Waals surface area contributed by atoms with Gasteiger partial charge in [0.25, 0.3) is 0 Å². The van der Waals surface area contributed by atoms with Crippen LogP contribution in [0.5, 0.6) is 0 Å². The van der Waals surface area contributed by atoms with E-state index in [-0.39, 0.29) is 24.0 Å². The van der Waals surface area contributed by atoms with Crippen molar-refractivity contribution >= 4 is 41.3 Å². The smallest absolute Gasteiger partial charge is 0.191 e. The summed E-state index contributed by atoms with van der Waals surface area (Å²) in [6, 6.07) is 1.97. The number of guanidine groups is 1. The fourth-order valence-corrected chi connectivity index (χ4v) is 2.45.